The number of fused-ring (bicyclic) bond motifs is 1. The molecule has 0 radical (unpaired) electrons. The van der Waals surface area contributed by atoms with E-state index in [1.54, 1.807) is 24.3 Å². The zero-order valence-electron chi connectivity index (χ0n) is 13.1. The van der Waals surface area contributed by atoms with Crippen LogP contribution in [0, 0.1) is 11.3 Å². The predicted octanol–water partition coefficient (Wildman–Crippen LogP) is 3.25. The summed E-state index contributed by atoms with van der Waals surface area (Å²) < 4.78 is 38.4. The van der Waals surface area contributed by atoms with Crippen LogP contribution in [-0.4, -0.2) is 26.3 Å². The fourth-order valence-electron chi connectivity index (χ4n) is 2.14. The predicted molar refractivity (Wildman–Crippen MR) is 94.1 cm³/mol. The molecule has 0 atom stereocenters. The Balaban J connectivity index is 1.93. The SMILES string of the molecule is COc1ccccc1NS(=O)(=O)c1ccc2oc(SCC#N)nc2c1. The number of para-hydroxylation sites is 2. The number of nitrogens with one attached hydrogen (secondary N) is 1. The lowest BCUT2D eigenvalue weighted by Gasteiger charge is -2.11. The first-order valence-corrected chi connectivity index (χ1v) is 9.56. The van der Waals surface area contributed by atoms with Crippen molar-refractivity contribution in [3.8, 4) is 11.8 Å². The lowest BCUT2D eigenvalue weighted by Crippen LogP contribution is -2.13. The second kappa shape index (κ2) is 7.04. The molecule has 0 aliphatic heterocycles. The van der Waals surface area contributed by atoms with Crippen molar-refractivity contribution in [2.24, 2.45) is 0 Å². The van der Waals surface area contributed by atoms with Gasteiger partial charge in [0.2, 0.25) is 0 Å². The molecule has 0 amide bonds. The molecule has 1 aromatic heterocycles. The normalized spacial score (nSPS) is 11.2. The molecule has 0 fully saturated rings. The summed E-state index contributed by atoms with van der Waals surface area (Å²) >= 11 is 1.15. The highest BCUT2D eigenvalue weighted by Gasteiger charge is 2.18. The monoisotopic (exact) mass is 375 g/mol. The van der Waals surface area contributed by atoms with Crippen molar-refractivity contribution in [3.05, 3.63) is 42.5 Å². The highest BCUT2D eigenvalue weighted by Crippen LogP contribution is 2.28. The number of nitrogens with zero attached hydrogens (tertiary/aromatic N) is 2. The van der Waals surface area contributed by atoms with E-state index < -0.39 is 10.0 Å². The minimum Gasteiger partial charge on any atom is -0.495 e. The number of benzene rings is 2. The van der Waals surface area contributed by atoms with Crippen LogP contribution < -0.4 is 9.46 Å². The van der Waals surface area contributed by atoms with Crippen LogP contribution >= 0.6 is 11.8 Å². The maximum Gasteiger partial charge on any atom is 0.262 e. The van der Waals surface area contributed by atoms with Crippen LogP contribution in [0.25, 0.3) is 11.1 Å². The van der Waals surface area contributed by atoms with Crippen molar-refractivity contribution in [1.29, 1.82) is 5.26 Å². The summed E-state index contributed by atoms with van der Waals surface area (Å²) in [7, 11) is -2.35. The molecule has 0 unspecified atom stereocenters. The van der Waals surface area contributed by atoms with Gasteiger partial charge in [-0.2, -0.15) is 5.26 Å². The molecular formula is C16H13N3O4S2. The van der Waals surface area contributed by atoms with Gasteiger partial charge in [-0.05, 0) is 30.3 Å². The van der Waals surface area contributed by atoms with Crippen molar-refractivity contribution in [3.63, 3.8) is 0 Å². The average molecular weight is 375 g/mol. The molecule has 128 valence electrons. The molecule has 9 heteroatoms. The van der Waals surface area contributed by atoms with Crippen LogP contribution in [0.4, 0.5) is 5.69 Å². The lowest BCUT2D eigenvalue weighted by molar-refractivity contribution is 0.417. The number of anilines is 1. The summed E-state index contributed by atoms with van der Waals surface area (Å²) in [5, 5.41) is 8.92. The number of oxazole rings is 1. The van der Waals surface area contributed by atoms with Crippen molar-refractivity contribution >= 4 is 38.6 Å². The van der Waals surface area contributed by atoms with E-state index in [2.05, 4.69) is 9.71 Å². The van der Waals surface area contributed by atoms with Gasteiger partial charge in [0.1, 0.15) is 11.3 Å². The second-order valence-corrected chi connectivity index (χ2v) is 7.47. The second-order valence-electron chi connectivity index (χ2n) is 4.86. The van der Waals surface area contributed by atoms with Crippen molar-refractivity contribution in [1.82, 2.24) is 4.98 Å². The summed E-state index contributed by atoms with van der Waals surface area (Å²) in [5.41, 5.74) is 1.20. The third-order valence-electron chi connectivity index (χ3n) is 3.26. The van der Waals surface area contributed by atoms with E-state index in [4.69, 9.17) is 14.4 Å². The van der Waals surface area contributed by atoms with E-state index in [0.717, 1.165) is 11.8 Å². The molecule has 7 nitrogen and oxygen atoms in total. The van der Waals surface area contributed by atoms with E-state index in [1.165, 1.54) is 25.3 Å². The number of sulfonamides is 1. The van der Waals surface area contributed by atoms with Crippen LogP contribution in [0.3, 0.4) is 0 Å². The first-order chi connectivity index (χ1) is 12.0. The van der Waals surface area contributed by atoms with Gasteiger partial charge in [-0.25, -0.2) is 13.4 Å². The van der Waals surface area contributed by atoms with Gasteiger partial charge in [-0.15, -0.1) is 0 Å². The Morgan fingerprint density at radius 3 is 2.88 bits per heavy atom. The molecular weight excluding hydrogens is 362 g/mol. The van der Waals surface area contributed by atoms with Crippen LogP contribution in [0.5, 0.6) is 5.75 Å². The maximum atomic E-state index is 12.6. The quantitative estimate of drug-likeness (QED) is 0.659. The molecule has 0 aliphatic carbocycles. The van der Waals surface area contributed by atoms with Gasteiger partial charge in [0, 0.05) is 0 Å². The Morgan fingerprint density at radius 2 is 2.12 bits per heavy atom. The van der Waals surface area contributed by atoms with E-state index >= 15 is 0 Å². The number of aromatic nitrogens is 1. The summed E-state index contributed by atoms with van der Waals surface area (Å²) in [6, 6.07) is 13.1. The summed E-state index contributed by atoms with van der Waals surface area (Å²) in [6.45, 7) is 0. The summed E-state index contributed by atoms with van der Waals surface area (Å²) in [6.07, 6.45) is 0. The molecule has 2 aromatic carbocycles. The number of rotatable bonds is 6. The van der Waals surface area contributed by atoms with E-state index in [1.807, 2.05) is 6.07 Å². The molecule has 1 heterocycles. The Labute approximate surface area is 148 Å². The Hall–Kier alpha value is -2.70. The molecule has 3 aromatic rings. The highest BCUT2D eigenvalue weighted by atomic mass is 32.2. The number of ether oxygens (including phenoxy) is 1. The first kappa shape index (κ1) is 17.1. The molecule has 0 spiro atoms. The number of hydrogen-bond donors (Lipinski definition) is 1. The highest BCUT2D eigenvalue weighted by molar-refractivity contribution is 7.99. The molecule has 0 bridgehead atoms. The molecule has 3 rings (SSSR count). The minimum absolute atomic E-state index is 0.0519. The van der Waals surface area contributed by atoms with E-state index in [0.29, 0.717) is 27.8 Å². The fourth-order valence-corrected chi connectivity index (χ4v) is 3.73. The van der Waals surface area contributed by atoms with Crippen LogP contribution in [0.15, 0.2) is 57.0 Å². The third-order valence-corrected chi connectivity index (χ3v) is 5.32. The molecule has 0 saturated carbocycles. The van der Waals surface area contributed by atoms with Crippen LogP contribution in [0.2, 0.25) is 0 Å². The van der Waals surface area contributed by atoms with Crippen molar-refractivity contribution < 1.29 is 17.6 Å². The molecule has 0 saturated heterocycles. The molecule has 25 heavy (non-hydrogen) atoms. The van der Waals surface area contributed by atoms with Gasteiger partial charge < -0.3 is 9.15 Å². The third kappa shape index (κ3) is 3.70. The van der Waals surface area contributed by atoms with Gasteiger partial charge in [0.05, 0.1) is 29.5 Å². The van der Waals surface area contributed by atoms with Crippen molar-refractivity contribution in [2.45, 2.75) is 10.1 Å². The number of methoxy groups -OCH3 is 1. The topological polar surface area (TPSA) is 105 Å². The summed E-state index contributed by atoms with van der Waals surface area (Å²) in [5.74, 6) is 0.622. The Morgan fingerprint density at radius 1 is 1.32 bits per heavy atom. The van der Waals surface area contributed by atoms with Crippen molar-refractivity contribution in [2.75, 3.05) is 17.6 Å². The average Bonchev–Trinajstić information content (AvgIpc) is 3.02. The zero-order valence-corrected chi connectivity index (χ0v) is 14.7. The van der Waals surface area contributed by atoms with Crippen LogP contribution in [0.1, 0.15) is 0 Å². The van der Waals surface area contributed by atoms with E-state index in [9.17, 15) is 8.42 Å². The summed E-state index contributed by atoms with van der Waals surface area (Å²) in [4.78, 5) is 4.25. The van der Waals surface area contributed by atoms with Gasteiger partial charge in [-0.3, -0.25) is 4.72 Å². The Bertz CT molecular complexity index is 1050. The smallest absolute Gasteiger partial charge is 0.262 e. The van der Waals surface area contributed by atoms with Crippen LogP contribution in [-0.2, 0) is 10.0 Å². The largest absolute Gasteiger partial charge is 0.495 e. The standard InChI is InChI=1S/C16H13N3O4S2/c1-22-14-5-3-2-4-12(14)19-25(20,21)11-6-7-15-13(10-11)18-16(23-15)24-9-8-17/h2-7,10,19H,9H2,1H3. The lowest BCUT2D eigenvalue weighted by atomic mass is 10.3. The minimum atomic E-state index is -3.82. The number of hydrogen-bond acceptors (Lipinski definition) is 7. The number of nitriles is 1. The molecule has 0 aliphatic rings. The zero-order chi connectivity index (χ0) is 17.9. The first-order valence-electron chi connectivity index (χ1n) is 7.09. The maximum absolute atomic E-state index is 12.6. The van der Waals surface area contributed by atoms with Gasteiger partial charge in [0.15, 0.2) is 5.58 Å². The molecule has 1 N–H and O–H groups in total. The van der Waals surface area contributed by atoms with E-state index in [-0.39, 0.29) is 10.6 Å². The van der Waals surface area contributed by atoms with Gasteiger partial charge >= 0.3 is 0 Å². The van der Waals surface area contributed by atoms with Gasteiger partial charge in [0.25, 0.3) is 15.2 Å². The fraction of sp³-hybridized carbons (Fsp3) is 0.125. The van der Waals surface area contributed by atoms with Gasteiger partial charge in [-0.1, -0.05) is 23.9 Å². The Kier molecular flexibility index (Phi) is 4.83. The number of thioether (sulfide) groups is 1.